The van der Waals surface area contributed by atoms with Crippen molar-refractivity contribution >= 4 is 6.03 Å². The number of carbonyl (C=O) groups is 1. The van der Waals surface area contributed by atoms with Crippen LogP contribution in [0, 0.1) is 6.92 Å². The zero-order chi connectivity index (χ0) is 15.9. The summed E-state index contributed by atoms with van der Waals surface area (Å²) in [6.07, 6.45) is 3.36. The van der Waals surface area contributed by atoms with Crippen LogP contribution in [0.15, 0.2) is 47.1 Å². The maximum absolute atomic E-state index is 12.2. The molecule has 2 aromatic rings. The van der Waals surface area contributed by atoms with Crippen LogP contribution in [0.4, 0.5) is 4.79 Å². The molecule has 1 aromatic carbocycles. The van der Waals surface area contributed by atoms with Crippen LogP contribution in [0.3, 0.4) is 0 Å². The van der Waals surface area contributed by atoms with E-state index < -0.39 is 0 Å². The minimum Gasteiger partial charge on any atom is -0.469 e. The summed E-state index contributed by atoms with van der Waals surface area (Å²) in [4.78, 5) is 13.9. The summed E-state index contributed by atoms with van der Waals surface area (Å²) in [5.74, 6) is 0.953. The van der Waals surface area contributed by atoms with Gasteiger partial charge in [-0.3, -0.25) is 0 Å². The predicted molar refractivity (Wildman–Crippen MR) is 87.7 cm³/mol. The highest BCUT2D eigenvalue weighted by Crippen LogP contribution is 2.10. The molecule has 2 amide bonds. The van der Waals surface area contributed by atoms with Gasteiger partial charge in [-0.05, 0) is 43.5 Å². The van der Waals surface area contributed by atoms with Gasteiger partial charge in [0.05, 0.1) is 6.26 Å². The molecule has 118 valence electrons. The van der Waals surface area contributed by atoms with E-state index >= 15 is 0 Å². The van der Waals surface area contributed by atoms with E-state index in [4.69, 9.17) is 4.42 Å². The van der Waals surface area contributed by atoms with Gasteiger partial charge in [0.15, 0.2) is 0 Å². The fourth-order valence-electron chi connectivity index (χ4n) is 2.32. The predicted octanol–water partition coefficient (Wildman–Crippen LogP) is 3.75. The first-order chi connectivity index (χ1) is 10.6. The minimum atomic E-state index is -0.0461. The van der Waals surface area contributed by atoms with Crippen LogP contribution >= 0.6 is 0 Å². The molecule has 0 aliphatic heterocycles. The molecule has 0 unspecified atom stereocenters. The highest BCUT2D eigenvalue weighted by Gasteiger charge is 2.13. The lowest BCUT2D eigenvalue weighted by Crippen LogP contribution is -2.41. The zero-order valence-electron chi connectivity index (χ0n) is 13.5. The average molecular weight is 300 g/mol. The second-order valence-electron chi connectivity index (χ2n) is 5.75. The molecule has 1 N–H and O–H groups in total. The van der Waals surface area contributed by atoms with Crippen molar-refractivity contribution in [2.75, 3.05) is 7.05 Å². The SMILES string of the molecule is Cc1ccccc1CN(C)C(=O)N[C@@H](C)CCc1ccco1. The molecule has 4 nitrogen and oxygen atoms in total. The zero-order valence-corrected chi connectivity index (χ0v) is 13.5. The Morgan fingerprint density at radius 2 is 2.05 bits per heavy atom. The fraction of sp³-hybridized carbons (Fsp3) is 0.389. The van der Waals surface area contributed by atoms with E-state index in [1.807, 2.05) is 38.2 Å². The number of rotatable bonds is 6. The van der Waals surface area contributed by atoms with Gasteiger partial charge in [-0.25, -0.2) is 4.79 Å². The normalized spacial score (nSPS) is 12.0. The van der Waals surface area contributed by atoms with Crippen molar-refractivity contribution in [1.29, 1.82) is 0 Å². The second kappa shape index (κ2) is 7.69. The summed E-state index contributed by atoms with van der Waals surface area (Å²) in [5, 5.41) is 3.03. The van der Waals surface area contributed by atoms with E-state index in [1.165, 1.54) is 11.1 Å². The van der Waals surface area contributed by atoms with Crippen molar-refractivity contribution in [2.24, 2.45) is 0 Å². The monoisotopic (exact) mass is 300 g/mol. The third-order valence-corrected chi connectivity index (χ3v) is 3.79. The topological polar surface area (TPSA) is 45.5 Å². The Labute approximate surface area is 132 Å². The Morgan fingerprint density at radius 1 is 1.27 bits per heavy atom. The van der Waals surface area contributed by atoms with Crippen molar-refractivity contribution in [2.45, 2.75) is 39.3 Å². The van der Waals surface area contributed by atoms with E-state index in [-0.39, 0.29) is 12.1 Å². The Kier molecular flexibility index (Phi) is 5.64. The number of carbonyl (C=O) groups excluding carboxylic acids is 1. The van der Waals surface area contributed by atoms with Crippen molar-refractivity contribution in [1.82, 2.24) is 10.2 Å². The number of furan rings is 1. The van der Waals surface area contributed by atoms with Gasteiger partial charge in [0, 0.05) is 26.1 Å². The first-order valence-electron chi connectivity index (χ1n) is 7.65. The van der Waals surface area contributed by atoms with Crippen LogP contribution < -0.4 is 5.32 Å². The molecule has 0 aliphatic carbocycles. The first-order valence-corrected chi connectivity index (χ1v) is 7.65. The number of benzene rings is 1. The van der Waals surface area contributed by atoms with Crippen molar-refractivity contribution in [3.05, 3.63) is 59.5 Å². The number of hydrogen-bond donors (Lipinski definition) is 1. The van der Waals surface area contributed by atoms with Gasteiger partial charge in [-0.1, -0.05) is 24.3 Å². The Bertz CT molecular complexity index is 593. The molecule has 0 fully saturated rings. The molecule has 4 heteroatoms. The molecule has 2 rings (SSSR count). The van der Waals surface area contributed by atoms with E-state index in [2.05, 4.69) is 24.4 Å². The number of nitrogens with one attached hydrogen (secondary N) is 1. The third kappa shape index (κ3) is 4.65. The van der Waals surface area contributed by atoms with Crippen molar-refractivity contribution in [3.8, 4) is 0 Å². The van der Waals surface area contributed by atoms with Gasteiger partial charge >= 0.3 is 6.03 Å². The molecule has 0 saturated carbocycles. The Balaban J connectivity index is 1.79. The summed E-state index contributed by atoms with van der Waals surface area (Å²) in [6, 6.07) is 12.0. The first kappa shape index (κ1) is 16.1. The van der Waals surface area contributed by atoms with Gasteiger partial charge in [-0.2, -0.15) is 0 Å². The molecule has 0 bridgehead atoms. The van der Waals surface area contributed by atoms with Gasteiger partial charge in [0.1, 0.15) is 5.76 Å². The maximum atomic E-state index is 12.2. The van der Waals surface area contributed by atoms with Crippen molar-refractivity contribution in [3.63, 3.8) is 0 Å². The lowest BCUT2D eigenvalue weighted by atomic mass is 10.1. The van der Waals surface area contributed by atoms with Crippen LogP contribution in [-0.2, 0) is 13.0 Å². The number of nitrogens with zero attached hydrogens (tertiary/aromatic N) is 1. The van der Waals surface area contributed by atoms with Crippen LogP contribution in [0.5, 0.6) is 0 Å². The van der Waals surface area contributed by atoms with Gasteiger partial charge in [-0.15, -0.1) is 0 Å². The Morgan fingerprint density at radius 3 is 2.73 bits per heavy atom. The lowest BCUT2D eigenvalue weighted by Gasteiger charge is -2.22. The van der Waals surface area contributed by atoms with E-state index in [0.717, 1.165) is 18.6 Å². The quantitative estimate of drug-likeness (QED) is 0.883. The molecule has 0 spiro atoms. The molecule has 1 heterocycles. The molecule has 1 atom stereocenters. The summed E-state index contributed by atoms with van der Waals surface area (Å²) in [7, 11) is 1.82. The highest BCUT2D eigenvalue weighted by atomic mass is 16.3. The van der Waals surface area contributed by atoms with Crippen LogP contribution in [0.25, 0.3) is 0 Å². The molecule has 22 heavy (non-hydrogen) atoms. The summed E-state index contributed by atoms with van der Waals surface area (Å²) >= 11 is 0. The Hall–Kier alpha value is -2.23. The van der Waals surface area contributed by atoms with Gasteiger partial charge in [0.2, 0.25) is 0 Å². The highest BCUT2D eigenvalue weighted by molar-refractivity contribution is 5.74. The summed E-state index contributed by atoms with van der Waals surface area (Å²) in [6.45, 7) is 4.69. The van der Waals surface area contributed by atoms with Crippen molar-refractivity contribution < 1.29 is 9.21 Å². The molecule has 0 radical (unpaired) electrons. The molecular formula is C18H24N2O2. The van der Waals surface area contributed by atoms with E-state index in [0.29, 0.717) is 6.54 Å². The smallest absolute Gasteiger partial charge is 0.317 e. The average Bonchev–Trinajstić information content (AvgIpc) is 3.00. The minimum absolute atomic E-state index is 0.0461. The van der Waals surface area contributed by atoms with Crippen LogP contribution in [0.2, 0.25) is 0 Å². The maximum Gasteiger partial charge on any atom is 0.317 e. The van der Waals surface area contributed by atoms with Crippen LogP contribution in [-0.4, -0.2) is 24.0 Å². The largest absolute Gasteiger partial charge is 0.469 e. The lowest BCUT2D eigenvalue weighted by molar-refractivity contribution is 0.202. The van der Waals surface area contributed by atoms with Gasteiger partial charge < -0.3 is 14.6 Å². The van der Waals surface area contributed by atoms with Gasteiger partial charge in [0.25, 0.3) is 0 Å². The van der Waals surface area contributed by atoms with E-state index in [9.17, 15) is 4.79 Å². The molecule has 0 saturated heterocycles. The molecule has 0 aliphatic rings. The van der Waals surface area contributed by atoms with E-state index in [1.54, 1.807) is 11.2 Å². The number of hydrogen-bond acceptors (Lipinski definition) is 2. The summed E-state index contributed by atoms with van der Waals surface area (Å²) in [5.41, 5.74) is 2.37. The van der Waals surface area contributed by atoms with Crippen LogP contribution in [0.1, 0.15) is 30.2 Å². The summed E-state index contributed by atoms with van der Waals surface area (Å²) < 4.78 is 5.31. The fourth-order valence-corrected chi connectivity index (χ4v) is 2.32. The molecular weight excluding hydrogens is 276 g/mol. The molecule has 1 aromatic heterocycles. The number of amides is 2. The number of aryl methyl sites for hydroxylation is 2. The number of urea groups is 1. The second-order valence-corrected chi connectivity index (χ2v) is 5.75. The standard InChI is InChI=1S/C18H24N2O2/c1-14-7-4-5-8-16(14)13-20(3)18(21)19-15(2)10-11-17-9-6-12-22-17/h4-9,12,15H,10-11,13H2,1-3H3,(H,19,21)/t15-/m0/s1. The third-order valence-electron chi connectivity index (χ3n) is 3.79.